The van der Waals surface area contributed by atoms with Gasteiger partial charge in [0.15, 0.2) is 31.2 Å². The minimum atomic E-state index is -4.36. The first-order valence-corrected chi connectivity index (χ1v) is 16.3. The third-order valence-electron chi connectivity index (χ3n) is 8.17. The minimum absolute atomic E-state index is 0.0312. The summed E-state index contributed by atoms with van der Waals surface area (Å²) >= 11 is 5.98. The van der Waals surface area contributed by atoms with Crippen LogP contribution in [0.4, 0.5) is 8.78 Å². The molecular formula is C26H30ClF2NO6S2. The lowest BCUT2D eigenvalue weighted by Crippen LogP contribution is -2.58. The quantitative estimate of drug-likeness (QED) is 0.516. The predicted molar refractivity (Wildman–Crippen MR) is 139 cm³/mol. The fourth-order valence-corrected chi connectivity index (χ4v) is 10.7. The molecule has 1 saturated carbocycles. The van der Waals surface area contributed by atoms with Gasteiger partial charge in [-0.15, -0.1) is 0 Å². The standard InChI is InChI=1S/C26H30ClF2NO6S2/c27-17-3-5-18(6-4-17)38(33,34)26-12-13-35-22(9-14-37(31,32)16-25(30)10-1-2-11-25)19(26)15-36-24-21(29)8-7-20(28)23(24)26/h3-8,19,22H,1-2,9-16,30H2/t19-,22-,26-/m0/s1. The van der Waals surface area contributed by atoms with Crippen LogP contribution in [0.5, 0.6) is 5.75 Å². The highest BCUT2D eigenvalue weighted by molar-refractivity contribution is 7.92. The van der Waals surface area contributed by atoms with E-state index in [4.69, 9.17) is 26.8 Å². The van der Waals surface area contributed by atoms with Crippen LogP contribution in [0.1, 0.15) is 44.1 Å². The Morgan fingerprint density at radius 1 is 0.974 bits per heavy atom. The van der Waals surface area contributed by atoms with Gasteiger partial charge in [0, 0.05) is 23.1 Å². The Balaban J connectivity index is 1.55. The molecule has 0 unspecified atom stereocenters. The molecule has 3 aliphatic rings. The van der Waals surface area contributed by atoms with Crippen LogP contribution in [0, 0.1) is 17.6 Å². The summed E-state index contributed by atoms with van der Waals surface area (Å²) in [5.74, 6) is -3.66. The average molecular weight is 590 g/mol. The van der Waals surface area contributed by atoms with E-state index in [2.05, 4.69) is 0 Å². The fourth-order valence-electron chi connectivity index (χ4n) is 6.36. The molecule has 0 radical (unpaired) electrons. The molecule has 1 aliphatic carbocycles. The van der Waals surface area contributed by atoms with Gasteiger partial charge in [0.2, 0.25) is 0 Å². The molecule has 2 aromatic rings. The first-order valence-electron chi connectivity index (χ1n) is 12.6. The number of hydrogen-bond donors (Lipinski definition) is 1. The smallest absolute Gasteiger partial charge is 0.189 e. The number of nitrogens with two attached hydrogens (primary N) is 1. The van der Waals surface area contributed by atoms with E-state index in [1.807, 2.05) is 0 Å². The highest BCUT2D eigenvalue weighted by atomic mass is 35.5. The number of halogens is 3. The van der Waals surface area contributed by atoms with Crippen LogP contribution >= 0.6 is 11.6 Å². The molecule has 1 saturated heterocycles. The van der Waals surface area contributed by atoms with Gasteiger partial charge < -0.3 is 15.2 Å². The lowest BCUT2D eigenvalue weighted by atomic mass is 9.75. The van der Waals surface area contributed by atoms with E-state index < -0.39 is 59.4 Å². The molecule has 7 nitrogen and oxygen atoms in total. The maximum absolute atomic E-state index is 15.5. The van der Waals surface area contributed by atoms with Crippen molar-refractivity contribution >= 4 is 31.3 Å². The lowest BCUT2D eigenvalue weighted by molar-refractivity contribution is -0.0732. The number of hydrogen-bond acceptors (Lipinski definition) is 7. The van der Waals surface area contributed by atoms with E-state index in [0.29, 0.717) is 17.9 Å². The van der Waals surface area contributed by atoms with Crippen molar-refractivity contribution < 1.29 is 35.1 Å². The van der Waals surface area contributed by atoms with Gasteiger partial charge in [0.05, 0.1) is 34.7 Å². The molecule has 5 rings (SSSR count). The van der Waals surface area contributed by atoms with E-state index in [0.717, 1.165) is 25.0 Å². The Labute approximate surface area is 226 Å². The second kappa shape index (κ2) is 9.99. The highest BCUT2D eigenvalue weighted by Crippen LogP contribution is 2.56. The maximum Gasteiger partial charge on any atom is 0.189 e. The molecule has 0 amide bonds. The van der Waals surface area contributed by atoms with Crippen molar-refractivity contribution in [2.45, 2.75) is 59.8 Å². The summed E-state index contributed by atoms with van der Waals surface area (Å²) in [7, 11) is -7.96. The zero-order valence-corrected chi connectivity index (χ0v) is 23.1. The molecule has 0 bridgehead atoms. The molecule has 2 aromatic carbocycles. The first-order chi connectivity index (χ1) is 17.9. The van der Waals surface area contributed by atoms with E-state index in [1.54, 1.807) is 0 Å². The second-order valence-corrected chi connectivity index (χ2v) is 15.4. The molecule has 208 valence electrons. The summed E-state index contributed by atoms with van der Waals surface area (Å²) in [6, 6.07) is 7.26. The zero-order chi connectivity index (χ0) is 27.3. The van der Waals surface area contributed by atoms with Crippen molar-refractivity contribution in [2.75, 3.05) is 24.7 Å². The molecule has 2 fully saturated rings. The van der Waals surface area contributed by atoms with Crippen LogP contribution in [0.3, 0.4) is 0 Å². The van der Waals surface area contributed by atoms with Gasteiger partial charge in [-0.2, -0.15) is 0 Å². The van der Waals surface area contributed by atoms with E-state index in [9.17, 15) is 21.2 Å². The Morgan fingerprint density at radius 2 is 1.63 bits per heavy atom. The Morgan fingerprint density at radius 3 is 2.32 bits per heavy atom. The molecule has 3 atom stereocenters. The van der Waals surface area contributed by atoms with E-state index >= 15 is 4.39 Å². The van der Waals surface area contributed by atoms with Gasteiger partial charge in [-0.3, -0.25) is 0 Å². The third-order valence-corrected chi connectivity index (χ3v) is 12.9. The summed E-state index contributed by atoms with van der Waals surface area (Å²) in [4.78, 5) is -0.108. The van der Waals surface area contributed by atoms with Crippen molar-refractivity contribution in [3.63, 3.8) is 0 Å². The molecule has 2 heterocycles. The molecule has 0 spiro atoms. The zero-order valence-electron chi connectivity index (χ0n) is 20.7. The topological polar surface area (TPSA) is 113 Å². The van der Waals surface area contributed by atoms with Crippen molar-refractivity contribution in [3.05, 3.63) is 58.6 Å². The number of rotatable bonds is 7. The lowest BCUT2D eigenvalue weighted by Gasteiger charge is -2.50. The fraction of sp³-hybridized carbons (Fsp3) is 0.538. The Hall–Kier alpha value is -1.79. The number of benzene rings is 2. The van der Waals surface area contributed by atoms with Gasteiger partial charge in [0.25, 0.3) is 0 Å². The van der Waals surface area contributed by atoms with Gasteiger partial charge in [0.1, 0.15) is 10.6 Å². The normalized spacial score (nSPS) is 26.8. The Kier molecular flexibility index (Phi) is 7.30. The number of sulfone groups is 2. The van der Waals surface area contributed by atoms with Crippen LogP contribution in [0.15, 0.2) is 41.3 Å². The molecule has 38 heavy (non-hydrogen) atoms. The molecule has 0 aromatic heterocycles. The van der Waals surface area contributed by atoms with Gasteiger partial charge in [-0.1, -0.05) is 24.4 Å². The van der Waals surface area contributed by atoms with E-state index in [1.165, 1.54) is 24.3 Å². The van der Waals surface area contributed by atoms with Crippen LogP contribution in [-0.4, -0.2) is 53.2 Å². The van der Waals surface area contributed by atoms with Gasteiger partial charge in [-0.05, 0) is 62.1 Å². The van der Waals surface area contributed by atoms with Crippen molar-refractivity contribution in [3.8, 4) is 5.75 Å². The van der Waals surface area contributed by atoms with Gasteiger partial charge >= 0.3 is 0 Å². The van der Waals surface area contributed by atoms with Crippen LogP contribution in [-0.2, 0) is 29.2 Å². The molecule has 12 heteroatoms. The largest absolute Gasteiger partial charge is 0.490 e. The van der Waals surface area contributed by atoms with Crippen molar-refractivity contribution in [1.82, 2.24) is 0 Å². The van der Waals surface area contributed by atoms with Crippen LogP contribution in [0.25, 0.3) is 0 Å². The Bertz CT molecular complexity index is 1430. The minimum Gasteiger partial charge on any atom is -0.490 e. The summed E-state index contributed by atoms with van der Waals surface area (Å²) in [5, 5.41) is 0.317. The third kappa shape index (κ3) is 4.74. The van der Waals surface area contributed by atoms with Gasteiger partial charge in [-0.25, -0.2) is 25.6 Å². The molecule has 2 N–H and O–H groups in total. The van der Waals surface area contributed by atoms with Crippen molar-refractivity contribution in [2.24, 2.45) is 11.7 Å². The number of ether oxygens (including phenoxy) is 2. The first kappa shape index (κ1) is 27.8. The van der Waals surface area contributed by atoms with E-state index in [-0.39, 0.29) is 48.0 Å². The van der Waals surface area contributed by atoms with Crippen LogP contribution < -0.4 is 10.5 Å². The summed E-state index contributed by atoms with van der Waals surface area (Å²) in [6.07, 6.45) is 1.94. The summed E-state index contributed by atoms with van der Waals surface area (Å²) < 4.78 is 94.6. The molecule has 2 aliphatic heterocycles. The summed E-state index contributed by atoms with van der Waals surface area (Å²) in [5.41, 5.74) is 5.16. The SMILES string of the molecule is NC1(CS(=O)(=O)CC[C@@H]2OCC[C@@]3(S(=O)(=O)c4ccc(Cl)cc4)c4c(F)ccc(F)c4OC[C@@H]23)CCCC1. The monoisotopic (exact) mass is 589 g/mol. The molecular weight excluding hydrogens is 560 g/mol. The maximum atomic E-state index is 15.5. The number of fused-ring (bicyclic) bond motifs is 3. The predicted octanol–water partition coefficient (Wildman–Crippen LogP) is 4.16. The van der Waals surface area contributed by atoms with Crippen LogP contribution in [0.2, 0.25) is 5.02 Å². The average Bonchev–Trinajstić information content (AvgIpc) is 3.29. The highest BCUT2D eigenvalue weighted by Gasteiger charge is 2.61. The second-order valence-electron chi connectivity index (χ2n) is 10.6. The van der Waals surface area contributed by atoms with Crippen molar-refractivity contribution in [1.29, 1.82) is 0 Å². The summed E-state index contributed by atoms with van der Waals surface area (Å²) in [6.45, 7) is -0.379.